The molecule has 1 heterocycles. The van der Waals surface area contributed by atoms with Crippen molar-refractivity contribution in [3.05, 3.63) is 80.4 Å². The van der Waals surface area contributed by atoms with Crippen molar-refractivity contribution < 1.29 is 9.72 Å². The summed E-state index contributed by atoms with van der Waals surface area (Å²) in [4.78, 5) is 27.0. The number of carbonyl (C=O) groups excluding carboxylic acids is 1. The Hall–Kier alpha value is -2.75. The molecule has 1 amide bonds. The minimum absolute atomic E-state index is 0.164. The van der Waals surface area contributed by atoms with Crippen molar-refractivity contribution in [3.63, 3.8) is 0 Å². The number of anilines is 1. The number of nitrogens with zero attached hydrogens (tertiary/aromatic N) is 3. The first-order valence-electron chi connectivity index (χ1n) is 6.88. The van der Waals surface area contributed by atoms with Gasteiger partial charge in [-0.25, -0.2) is 4.98 Å². The van der Waals surface area contributed by atoms with E-state index in [1.807, 2.05) is 12.1 Å². The maximum absolute atomic E-state index is 12.3. The number of nitrogens with one attached hydrogen (secondary N) is 1. The summed E-state index contributed by atoms with van der Waals surface area (Å²) in [6, 6.07) is 11.6. The van der Waals surface area contributed by atoms with Gasteiger partial charge in [0.2, 0.25) is 0 Å². The molecule has 0 atom stereocenters. The second-order valence-corrected chi connectivity index (χ2v) is 6.14. The van der Waals surface area contributed by atoms with Gasteiger partial charge in [0.25, 0.3) is 11.6 Å². The Balaban J connectivity index is 1.91. The van der Waals surface area contributed by atoms with Gasteiger partial charge >= 0.3 is 0 Å². The molecule has 0 radical (unpaired) electrons. The Morgan fingerprint density at radius 1 is 1.21 bits per heavy atom. The van der Waals surface area contributed by atoms with Crippen molar-refractivity contribution in [2.45, 2.75) is 0 Å². The molecule has 2 aromatic carbocycles. The monoisotopic (exact) mass is 434 g/mol. The Morgan fingerprint density at radius 2 is 1.96 bits per heavy atom. The number of halogens is 1. The zero-order valence-corrected chi connectivity index (χ0v) is 14.4. The number of nitro benzene ring substituents is 1. The minimum atomic E-state index is -0.517. The molecule has 3 rings (SSSR count). The predicted octanol–water partition coefficient (Wildman–Crippen LogP) is 3.64. The van der Waals surface area contributed by atoms with Crippen LogP contribution in [0, 0.1) is 13.7 Å². The standard InChI is InChI=1S/C16H11IN4O3/c17-12-2-4-13(5-3-12)19-16(22)11-1-6-14(15(9-11)21(23)24)20-8-7-18-10-20/h1-10H,(H,19,22). The molecule has 0 spiro atoms. The molecule has 7 nitrogen and oxygen atoms in total. The van der Waals surface area contributed by atoms with E-state index in [1.165, 1.54) is 29.2 Å². The van der Waals surface area contributed by atoms with Gasteiger partial charge in [0.05, 0.1) is 11.3 Å². The van der Waals surface area contributed by atoms with Crippen LogP contribution in [0.2, 0.25) is 0 Å². The van der Waals surface area contributed by atoms with E-state index in [9.17, 15) is 14.9 Å². The van der Waals surface area contributed by atoms with Gasteiger partial charge in [-0.05, 0) is 59.0 Å². The van der Waals surface area contributed by atoms with E-state index in [2.05, 4.69) is 32.9 Å². The number of hydrogen-bond acceptors (Lipinski definition) is 4. The van der Waals surface area contributed by atoms with Crippen molar-refractivity contribution in [2.75, 3.05) is 5.32 Å². The normalized spacial score (nSPS) is 10.4. The maximum atomic E-state index is 12.3. The third-order valence-corrected chi connectivity index (χ3v) is 4.04. The van der Waals surface area contributed by atoms with Crippen LogP contribution in [0.15, 0.2) is 61.2 Å². The van der Waals surface area contributed by atoms with Gasteiger partial charge in [0.1, 0.15) is 5.69 Å². The van der Waals surface area contributed by atoms with Gasteiger partial charge in [-0.2, -0.15) is 0 Å². The zero-order valence-electron chi connectivity index (χ0n) is 12.2. The summed E-state index contributed by atoms with van der Waals surface area (Å²) in [5.41, 5.74) is 1.03. The molecule has 24 heavy (non-hydrogen) atoms. The van der Waals surface area contributed by atoms with Gasteiger partial charge < -0.3 is 9.88 Å². The van der Waals surface area contributed by atoms with Crippen LogP contribution >= 0.6 is 22.6 Å². The summed E-state index contributed by atoms with van der Waals surface area (Å²) in [5, 5.41) is 14.0. The topological polar surface area (TPSA) is 90.1 Å². The molecular weight excluding hydrogens is 423 g/mol. The lowest BCUT2D eigenvalue weighted by atomic mass is 10.1. The number of imidazole rings is 1. The molecule has 0 saturated carbocycles. The van der Waals surface area contributed by atoms with Crippen LogP contribution in [-0.2, 0) is 0 Å². The van der Waals surface area contributed by atoms with E-state index in [0.29, 0.717) is 11.4 Å². The number of nitro groups is 1. The predicted molar refractivity (Wildman–Crippen MR) is 97.3 cm³/mol. The third-order valence-electron chi connectivity index (χ3n) is 3.32. The molecule has 0 aliphatic rings. The van der Waals surface area contributed by atoms with Gasteiger partial charge in [-0.15, -0.1) is 0 Å². The fourth-order valence-corrected chi connectivity index (χ4v) is 2.53. The Bertz CT molecular complexity index is 892. The molecular formula is C16H11IN4O3. The largest absolute Gasteiger partial charge is 0.322 e. The van der Waals surface area contributed by atoms with Gasteiger partial charge in [-0.1, -0.05) is 0 Å². The van der Waals surface area contributed by atoms with Crippen LogP contribution in [0.1, 0.15) is 10.4 Å². The SMILES string of the molecule is O=C(Nc1ccc(I)cc1)c1ccc(-n2ccnc2)c([N+](=O)[O-])c1. The van der Waals surface area contributed by atoms with Crippen molar-refractivity contribution in [1.29, 1.82) is 0 Å². The van der Waals surface area contributed by atoms with E-state index in [-0.39, 0.29) is 11.3 Å². The lowest BCUT2D eigenvalue weighted by Crippen LogP contribution is -2.12. The molecule has 1 aromatic heterocycles. The van der Waals surface area contributed by atoms with Crippen LogP contribution in [0.5, 0.6) is 0 Å². The molecule has 1 N–H and O–H groups in total. The molecule has 3 aromatic rings. The second-order valence-electron chi connectivity index (χ2n) is 4.89. The van der Waals surface area contributed by atoms with Crippen molar-refractivity contribution >= 4 is 39.9 Å². The molecule has 120 valence electrons. The second kappa shape index (κ2) is 6.79. The Kier molecular flexibility index (Phi) is 4.56. The number of carbonyl (C=O) groups is 1. The van der Waals surface area contributed by atoms with E-state index < -0.39 is 10.8 Å². The highest BCUT2D eigenvalue weighted by atomic mass is 127. The van der Waals surface area contributed by atoms with E-state index in [1.54, 1.807) is 24.4 Å². The highest BCUT2D eigenvalue weighted by molar-refractivity contribution is 14.1. The van der Waals surface area contributed by atoms with Crippen molar-refractivity contribution in [3.8, 4) is 5.69 Å². The van der Waals surface area contributed by atoms with Gasteiger partial charge in [0, 0.05) is 33.3 Å². The summed E-state index contributed by atoms with van der Waals surface area (Å²) in [6.07, 6.45) is 4.60. The summed E-state index contributed by atoms with van der Waals surface area (Å²) >= 11 is 2.17. The number of benzene rings is 2. The maximum Gasteiger partial charge on any atom is 0.294 e. The van der Waals surface area contributed by atoms with E-state index in [4.69, 9.17) is 0 Å². The molecule has 0 unspecified atom stereocenters. The molecule has 0 saturated heterocycles. The first kappa shape index (κ1) is 16.1. The summed E-state index contributed by atoms with van der Waals surface area (Å²) in [5.74, 6) is -0.406. The molecule has 0 aliphatic carbocycles. The Labute approximate surface area is 150 Å². The van der Waals surface area contributed by atoms with E-state index >= 15 is 0 Å². The van der Waals surface area contributed by atoms with E-state index in [0.717, 1.165) is 3.57 Å². The van der Waals surface area contributed by atoms with Crippen molar-refractivity contribution in [1.82, 2.24) is 9.55 Å². The van der Waals surface area contributed by atoms with Crippen LogP contribution < -0.4 is 5.32 Å². The lowest BCUT2D eigenvalue weighted by Gasteiger charge is -2.08. The highest BCUT2D eigenvalue weighted by Crippen LogP contribution is 2.24. The lowest BCUT2D eigenvalue weighted by molar-refractivity contribution is -0.384. The molecule has 0 bridgehead atoms. The summed E-state index contributed by atoms with van der Waals surface area (Å²) < 4.78 is 2.57. The Morgan fingerprint density at radius 3 is 2.58 bits per heavy atom. The first-order chi connectivity index (χ1) is 11.5. The number of amides is 1. The molecule has 0 aliphatic heterocycles. The average Bonchev–Trinajstić information content (AvgIpc) is 3.10. The van der Waals surface area contributed by atoms with Gasteiger partial charge in [0.15, 0.2) is 0 Å². The highest BCUT2D eigenvalue weighted by Gasteiger charge is 2.18. The zero-order chi connectivity index (χ0) is 17.1. The number of hydrogen-bond donors (Lipinski definition) is 1. The van der Waals surface area contributed by atoms with Gasteiger partial charge in [-0.3, -0.25) is 14.9 Å². The fraction of sp³-hybridized carbons (Fsp3) is 0. The minimum Gasteiger partial charge on any atom is -0.322 e. The number of aromatic nitrogens is 2. The summed E-state index contributed by atoms with van der Waals surface area (Å²) in [6.45, 7) is 0. The van der Waals surface area contributed by atoms with Crippen LogP contribution in [0.3, 0.4) is 0 Å². The smallest absolute Gasteiger partial charge is 0.294 e. The fourth-order valence-electron chi connectivity index (χ4n) is 2.17. The van der Waals surface area contributed by atoms with Crippen LogP contribution in [0.4, 0.5) is 11.4 Å². The molecule has 0 fully saturated rings. The van der Waals surface area contributed by atoms with Crippen LogP contribution in [-0.4, -0.2) is 20.4 Å². The summed E-state index contributed by atoms with van der Waals surface area (Å²) in [7, 11) is 0. The first-order valence-corrected chi connectivity index (χ1v) is 7.96. The quantitative estimate of drug-likeness (QED) is 0.386. The molecule has 8 heteroatoms. The average molecular weight is 434 g/mol. The third kappa shape index (κ3) is 3.43. The van der Waals surface area contributed by atoms with Crippen molar-refractivity contribution in [2.24, 2.45) is 0 Å². The van der Waals surface area contributed by atoms with Crippen LogP contribution in [0.25, 0.3) is 5.69 Å². The number of rotatable bonds is 4.